The van der Waals surface area contributed by atoms with Crippen LogP contribution in [0.25, 0.3) is 0 Å². The summed E-state index contributed by atoms with van der Waals surface area (Å²) in [5.74, 6) is 0.937. The topological polar surface area (TPSA) is 12.0 Å². The molecule has 1 nitrogen and oxygen atoms in total. The second-order valence-electron chi connectivity index (χ2n) is 5.78. The SMILES string of the molecule is CCC1CC1NC(C)c1ccc2c(c1)CCC2. The molecule has 0 bridgehead atoms. The maximum Gasteiger partial charge on any atom is 0.0294 e. The Kier molecular flexibility index (Phi) is 2.96. The van der Waals surface area contributed by atoms with Crippen LogP contribution in [-0.2, 0) is 12.8 Å². The van der Waals surface area contributed by atoms with Crippen LogP contribution in [0.3, 0.4) is 0 Å². The molecule has 1 fully saturated rings. The monoisotopic (exact) mass is 229 g/mol. The molecule has 92 valence electrons. The van der Waals surface area contributed by atoms with Gasteiger partial charge in [-0.2, -0.15) is 0 Å². The maximum absolute atomic E-state index is 3.76. The van der Waals surface area contributed by atoms with Gasteiger partial charge >= 0.3 is 0 Å². The van der Waals surface area contributed by atoms with Crippen LogP contribution in [0.15, 0.2) is 18.2 Å². The third kappa shape index (κ3) is 2.26. The summed E-state index contributed by atoms with van der Waals surface area (Å²) in [7, 11) is 0. The van der Waals surface area contributed by atoms with E-state index in [1.165, 1.54) is 37.7 Å². The van der Waals surface area contributed by atoms with Crippen LogP contribution in [0.1, 0.15) is 55.8 Å². The van der Waals surface area contributed by atoms with E-state index in [4.69, 9.17) is 0 Å². The molecular formula is C16H23N. The highest BCUT2D eigenvalue weighted by Gasteiger charge is 2.35. The first-order valence-corrected chi connectivity index (χ1v) is 7.15. The second-order valence-corrected chi connectivity index (χ2v) is 5.78. The highest BCUT2D eigenvalue weighted by Crippen LogP contribution is 2.35. The predicted octanol–water partition coefficient (Wildman–Crippen LogP) is 3.62. The van der Waals surface area contributed by atoms with Crippen LogP contribution in [0.5, 0.6) is 0 Å². The quantitative estimate of drug-likeness (QED) is 0.831. The summed E-state index contributed by atoms with van der Waals surface area (Å²) in [6, 6.07) is 8.40. The smallest absolute Gasteiger partial charge is 0.0294 e. The minimum absolute atomic E-state index is 0.516. The minimum Gasteiger partial charge on any atom is -0.307 e. The summed E-state index contributed by atoms with van der Waals surface area (Å²) < 4.78 is 0. The molecule has 1 N–H and O–H groups in total. The zero-order valence-corrected chi connectivity index (χ0v) is 11.0. The third-order valence-corrected chi connectivity index (χ3v) is 4.53. The van der Waals surface area contributed by atoms with E-state index >= 15 is 0 Å². The third-order valence-electron chi connectivity index (χ3n) is 4.53. The average molecular weight is 229 g/mol. The number of hydrogen-bond acceptors (Lipinski definition) is 1. The second kappa shape index (κ2) is 4.45. The molecule has 1 aromatic rings. The Hall–Kier alpha value is -0.820. The van der Waals surface area contributed by atoms with E-state index in [1.807, 2.05) is 0 Å². The molecule has 2 aliphatic carbocycles. The first kappa shape index (κ1) is 11.3. The lowest BCUT2D eigenvalue weighted by atomic mass is 10.0. The van der Waals surface area contributed by atoms with E-state index in [9.17, 15) is 0 Å². The summed E-state index contributed by atoms with van der Waals surface area (Å²) in [5, 5.41) is 3.76. The van der Waals surface area contributed by atoms with Crippen molar-refractivity contribution in [2.75, 3.05) is 0 Å². The van der Waals surface area contributed by atoms with E-state index in [0.717, 1.165) is 12.0 Å². The minimum atomic E-state index is 0.516. The fourth-order valence-corrected chi connectivity index (χ4v) is 3.18. The molecule has 3 unspecified atom stereocenters. The molecule has 0 spiro atoms. The largest absolute Gasteiger partial charge is 0.307 e. The summed E-state index contributed by atoms with van der Waals surface area (Å²) in [5.41, 5.74) is 4.66. The van der Waals surface area contributed by atoms with Gasteiger partial charge in [-0.05, 0) is 55.2 Å². The lowest BCUT2D eigenvalue weighted by Crippen LogP contribution is -2.22. The van der Waals surface area contributed by atoms with Gasteiger partial charge in [-0.15, -0.1) is 0 Å². The molecule has 0 radical (unpaired) electrons. The van der Waals surface area contributed by atoms with Crippen molar-refractivity contribution in [2.45, 2.75) is 58.0 Å². The molecule has 1 saturated carbocycles. The standard InChI is InChI=1S/C16H23N/c1-3-12-10-16(12)17-11(2)14-8-7-13-5-4-6-15(13)9-14/h7-9,11-12,16-17H,3-6,10H2,1-2H3. The zero-order chi connectivity index (χ0) is 11.8. The maximum atomic E-state index is 3.76. The van der Waals surface area contributed by atoms with Crippen LogP contribution in [-0.4, -0.2) is 6.04 Å². The fraction of sp³-hybridized carbons (Fsp3) is 0.625. The van der Waals surface area contributed by atoms with E-state index < -0.39 is 0 Å². The summed E-state index contributed by atoms with van der Waals surface area (Å²) in [6.45, 7) is 4.61. The van der Waals surface area contributed by atoms with Gasteiger partial charge < -0.3 is 5.32 Å². The van der Waals surface area contributed by atoms with Crippen molar-refractivity contribution >= 4 is 0 Å². The predicted molar refractivity (Wildman–Crippen MR) is 72.2 cm³/mol. The number of nitrogens with one attached hydrogen (secondary N) is 1. The Morgan fingerprint density at radius 1 is 1.29 bits per heavy atom. The van der Waals surface area contributed by atoms with Crippen molar-refractivity contribution in [3.63, 3.8) is 0 Å². The lowest BCUT2D eigenvalue weighted by Gasteiger charge is -2.15. The van der Waals surface area contributed by atoms with Gasteiger partial charge in [0, 0.05) is 12.1 Å². The van der Waals surface area contributed by atoms with Crippen LogP contribution < -0.4 is 5.32 Å². The Labute approximate surface area is 105 Å². The highest BCUT2D eigenvalue weighted by atomic mass is 15.0. The van der Waals surface area contributed by atoms with Crippen molar-refractivity contribution < 1.29 is 0 Å². The van der Waals surface area contributed by atoms with Gasteiger partial charge in [0.25, 0.3) is 0 Å². The van der Waals surface area contributed by atoms with E-state index in [2.05, 4.69) is 37.4 Å². The molecular weight excluding hydrogens is 206 g/mol. The van der Waals surface area contributed by atoms with Crippen molar-refractivity contribution in [3.8, 4) is 0 Å². The van der Waals surface area contributed by atoms with Gasteiger partial charge in [0.15, 0.2) is 0 Å². The molecule has 0 saturated heterocycles. The highest BCUT2D eigenvalue weighted by molar-refractivity contribution is 5.36. The molecule has 2 aliphatic rings. The van der Waals surface area contributed by atoms with Gasteiger partial charge in [0.2, 0.25) is 0 Å². The Bertz CT molecular complexity index is 410. The number of aryl methyl sites for hydroxylation is 2. The molecule has 0 heterocycles. The summed E-state index contributed by atoms with van der Waals surface area (Å²) >= 11 is 0. The molecule has 0 amide bonds. The van der Waals surface area contributed by atoms with Crippen LogP contribution in [0, 0.1) is 5.92 Å². The van der Waals surface area contributed by atoms with Gasteiger partial charge in [-0.1, -0.05) is 31.5 Å². The Morgan fingerprint density at radius 2 is 2.12 bits per heavy atom. The van der Waals surface area contributed by atoms with Gasteiger partial charge in [0.05, 0.1) is 0 Å². The molecule has 17 heavy (non-hydrogen) atoms. The number of benzene rings is 1. The van der Waals surface area contributed by atoms with E-state index in [1.54, 1.807) is 11.1 Å². The van der Waals surface area contributed by atoms with Gasteiger partial charge in [-0.25, -0.2) is 0 Å². The summed E-state index contributed by atoms with van der Waals surface area (Å²) in [6.07, 6.45) is 6.64. The molecule has 1 heteroatoms. The summed E-state index contributed by atoms with van der Waals surface area (Å²) in [4.78, 5) is 0. The molecule has 3 rings (SSSR count). The van der Waals surface area contributed by atoms with Crippen molar-refractivity contribution in [3.05, 3.63) is 34.9 Å². The Balaban J connectivity index is 1.67. The molecule has 0 aliphatic heterocycles. The molecule has 1 aromatic carbocycles. The van der Waals surface area contributed by atoms with E-state index in [0.29, 0.717) is 6.04 Å². The fourth-order valence-electron chi connectivity index (χ4n) is 3.18. The van der Waals surface area contributed by atoms with E-state index in [-0.39, 0.29) is 0 Å². The average Bonchev–Trinajstić information content (AvgIpc) is 2.92. The van der Waals surface area contributed by atoms with Crippen LogP contribution >= 0.6 is 0 Å². The van der Waals surface area contributed by atoms with Crippen molar-refractivity contribution in [2.24, 2.45) is 5.92 Å². The van der Waals surface area contributed by atoms with Crippen molar-refractivity contribution in [1.29, 1.82) is 0 Å². The number of fused-ring (bicyclic) bond motifs is 1. The first-order valence-electron chi connectivity index (χ1n) is 7.15. The lowest BCUT2D eigenvalue weighted by molar-refractivity contribution is 0.539. The molecule has 0 aromatic heterocycles. The van der Waals surface area contributed by atoms with Crippen molar-refractivity contribution in [1.82, 2.24) is 5.32 Å². The Morgan fingerprint density at radius 3 is 2.88 bits per heavy atom. The zero-order valence-electron chi connectivity index (χ0n) is 11.0. The first-order chi connectivity index (χ1) is 8.28. The number of hydrogen-bond donors (Lipinski definition) is 1. The van der Waals surface area contributed by atoms with Gasteiger partial charge in [0.1, 0.15) is 0 Å². The molecule has 3 atom stereocenters. The van der Waals surface area contributed by atoms with Gasteiger partial charge in [-0.3, -0.25) is 0 Å². The van der Waals surface area contributed by atoms with Crippen LogP contribution in [0.4, 0.5) is 0 Å². The normalized spacial score (nSPS) is 27.9. The van der Waals surface area contributed by atoms with Crippen LogP contribution in [0.2, 0.25) is 0 Å². The number of rotatable bonds is 4.